The van der Waals surface area contributed by atoms with Crippen LogP contribution in [0.5, 0.6) is 5.75 Å². The summed E-state index contributed by atoms with van der Waals surface area (Å²) >= 11 is 0. The predicted molar refractivity (Wildman–Crippen MR) is 92.9 cm³/mol. The van der Waals surface area contributed by atoms with Gasteiger partial charge in [0.2, 0.25) is 11.8 Å². The predicted octanol–water partition coefficient (Wildman–Crippen LogP) is 3.21. The van der Waals surface area contributed by atoms with E-state index in [1.165, 1.54) is 6.42 Å². The average molecular weight is 330 g/mol. The smallest absolute Gasteiger partial charge is 0.240 e. The van der Waals surface area contributed by atoms with Crippen LogP contribution in [0.4, 0.5) is 5.69 Å². The van der Waals surface area contributed by atoms with Gasteiger partial charge in [0.1, 0.15) is 11.2 Å². The number of nitrogens with one attached hydrogen (secondary N) is 1. The molecular formula is C19H26N2O3. The maximum atomic E-state index is 13.0. The molecule has 24 heavy (non-hydrogen) atoms. The lowest BCUT2D eigenvalue weighted by Crippen LogP contribution is -2.49. The fourth-order valence-corrected chi connectivity index (χ4v) is 3.58. The largest absolute Gasteiger partial charge is 0.497 e. The monoisotopic (exact) mass is 330 g/mol. The van der Waals surface area contributed by atoms with E-state index < -0.39 is 5.41 Å². The van der Waals surface area contributed by atoms with Crippen molar-refractivity contribution in [2.45, 2.75) is 51.5 Å². The van der Waals surface area contributed by atoms with Crippen LogP contribution in [-0.4, -0.2) is 36.4 Å². The topological polar surface area (TPSA) is 58.6 Å². The van der Waals surface area contributed by atoms with Crippen molar-refractivity contribution in [2.75, 3.05) is 19.0 Å². The third kappa shape index (κ3) is 3.12. The van der Waals surface area contributed by atoms with Gasteiger partial charge in [0, 0.05) is 24.3 Å². The number of anilines is 1. The Balaban J connectivity index is 1.72. The Morgan fingerprint density at radius 3 is 2.79 bits per heavy atom. The van der Waals surface area contributed by atoms with Crippen LogP contribution in [0.3, 0.4) is 0 Å². The zero-order chi connectivity index (χ0) is 17.2. The molecule has 0 spiro atoms. The molecule has 5 nitrogen and oxygen atoms in total. The molecule has 1 aromatic carbocycles. The number of carbonyl (C=O) groups is 2. The molecule has 1 unspecified atom stereocenters. The third-order valence-corrected chi connectivity index (χ3v) is 5.28. The molecule has 1 N–H and O–H groups in total. The normalized spacial score (nSPS) is 21.9. The van der Waals surface area contributed by atoms with E-state index in [-0.39, 0.29) is 17.9 Å². The number of benzene rings is 1. The van der Waals surface area contributed by atoms with E-state index in [0.29, 0.717) is 24.3 Å². The molecule has 3 rings (SSSR count). The van der Waals surface area contributed by atoms with Crippen LogP contribution in [0.1, 0.15) is 45.4 Å². The molecular weight excluding hydrogens is 304 g/mol. The molecule has 1 saturated heterocycles. The van der Waals surface area contributed by atoms with Crippen LogP contribution in [0.2, 0.25) is 0 Å². The van der Waals surface area contributed by atoms with Crippen molar-refractivity contribution in [1.29, 1.82) is 0 Å². The number of rotatable bonds is 5. The lowest BCUT2D eigenvalue weighted by molar-refractivity contribution is -0.145. The quantitative estimate of drug-likeness (QED) is 0.844. The van der Waals surface area contributed by atoms with Gasteiger partial charge in [-0.1, -0.05) is 13.0 Å². The molecule has 5 heteroatoms. The minimum atomic E-state index is -0.853. The zero-order valence-electron chi connectivity index (χ0n) is 14.5. The van der Waals surface area contributed by atoms with Crippen LogP contribution in [0.25, 0.3) is 0 Å². The second-order valence-corrected chi connectivity index (χ2v) is 6.82. The number of amides is 2. The summed E-state index contributed by atoms with van der Waals surface area (Å²) in [6, 6.07) is 7.53. The second kappa shape index (κ2) is 6.83. The molecule has 1 saturated carbocycles. The number of likely N-dealkylation sites (tertiary alicyclic amines) is 1. The Kier molecular flexibility index (Phi) is 4.78. The average Bonchev–Trinajstić information content (AvgIpc) is 3.43. The summed E-state index contributed by atoms with van der Waals surface area (Å²) in [5.41, 5.74) is -0.183. The maximum absolute atomic E-state index is 13.0. The minimum absolute atomic E-state index is 0.0226. The van der Waals surface area contributed by atoms with Gasteiger partial charge in [-0.3, -0.25) is 9.59 Å². The SMILES string of the molecule is CCC1CCCCN1C(=O)C1(C(=O)Nc2cccc(OC)c2)CC1. The van der Waals surface area contributed by atoms with Crippen LogP contribution in [0, 0.1) is 5.41 Å². The van der Waals surface area contributed by atoms with Crippen molar-refractivity contribution in [1.82, 2.24) is 4.90 Å². The van der Waals surface area contributed by atoms with Crippen molar-refractivity contribution in [2.24, 2.45) is 5.41 Å². The third-order valence-electron chi connectivity index (χ3n) is 5.28. The molecule has 0 bridgehead atoms. The summed E-state index contributed by atoms with van der Waals surface area (Å²) in [5.74, 6) is 0.529. The van der Waals surface area contributed by atoms with Crippen LogP contribution in [-0.2, 0) is 9.59 Å². The van der Waals surface area contributed by atoms with Crippen LogP contribution < -0.4 is 10.1 Å². The summed E-state index contributed by atoms with van der Waals surface area (Å²) in [4.78, 5) is 27.8. The molecule has 0 aromatic heterocycles. The van der Waals surface area contributed by atoms with Gasteiger partial charge in [-0.15, -0.1) is 0 Å². The van der Waals surface area contributed by atoms with Gasteiger partial charge in [-0.05, 0) is 50.7 Å². The number of hydrogen-bond acceptors (Lipinski definition) is 3. The van der Waals surface area contributed by atoms with Crippen molar-refractivity contribution >= 4 is 17.5 Å². The molecule has 1 aromatic rings. The lowest BCUT2D eigenvalue weighted by atomic mass is 9.95. The second-order valence-electron chi connectivity index (χ2n) is 6.82. The Hall–Kier alpha value is -2.04. The maximum Gasteiger partial charge on any atom is 0.240 e. The standard InChI is InChI=1S/C19H26N2O3/c1-3-15-8-4-5-12-21(15)18(23)19(10-11-19)17(22)20-14-7-6-9-16(13-14)24-2/h6-7,9,13,15H,3-5,8,10-12H2,1-2H3,(H,20,22). The number of methoxy groups -OCH3 is 1. The summed E-state index contributed by atoms with van der Waals surface area (Å²) < 4.78 is 5.18. The van der Waals surface area contributed by atoms with Gasteiger partial charge in [0.25, 0.3) is 0 Å². The Labute approximate surface area is 143 Å². The molecule has 2 fully saturated rings. The van der Waals surface area contributed by atoms with Crippen molar-refractivity contribution < 1.29 is 14.3 Å². The van der Waals surface area contributed by atoms with Gasteiger partial charge in [0.15, 0.2) is 0 Å². The molecule has 130 valence electrons. The molecule has 1 heterocycles. The van der Waals surface area contributed by atoms with Crippen molar-refractivity contribution in [3.05, 3.63) is 24.3 Å². The van der Waals surface area contributed by atoms with Crippen LogP contribution >= 0.6 is 0 Å². The summed E-state index contributed by atoms with van der Waals surface area (Å²) in [5, 5.41) is 2.91. The molecule has 1 atom stereocenters. The first-order chi connectivity index (χ1) is 11.6. The van der Waals surface area contributed by atoms with E-state index in [2.05, 4.69) is 12.2 Å². The van der Waals surface area contributed by atoms with Gasteiger partial charge in [-0.25, -0.2) is 0 Å². The first-order valence-electron chi connectivity index (χ1n) is 8.87. The Morgan fingerprint density at radius 2 is 2.12 bits per heavy atom. The van der Waals surface area contributed by atoms with Gasteiger partial charge in [-0.2, -0.15) is 0 Å². The molecule has 0 radical (unpaired) electrons. The first kappa shape index (κ1) is 16.8. The van der Waals surface area contributed by atoms with Gasteiger partial charge < -0.3 is 15.0 Å². The van der Waals surface area contributed by atoms with Gasteiger partial charge in [0.05, 0.1) is 7.11 Å². The Morgan fingerprint density at radius 1 is 1.33 bits per heavy atom. The molecule has 2 amide bonds. The fraction of sp³-hybridized carbons (Fsp3) is 0.579. The van der Waals surface area contributed by atoms with E-state index in [1.807, 2.05) is 23.1 Å². The summed E-state index contributed by atoms with van der Waals surface area (Å²) in [6.07, 6.45) is 5.51. The lowest BCUT2D eigenvalue weighted by Gasteiger charge is -2.37. The number of hydrogen-bond donors (Lipinski definition) is 1. The minimum Gasteiger partial charge on any atom is -0.497 e. The van der Waals surface area contributed by atoms with E-state index in [0.717, 1.165) is 25.8 Å². The highest BCUT2D eigenvalue weighted by Gasteiger charge is 2.58. The highest BCUT2D eigenvalue weighted by Crippen LogP contribution is 2.49. The zero-order valence-corrected chi connectivity index (χ0v) is 14.5. The molecule has 1 aliphatic heterocycles. The summed E-state index contributed by atoms with van der Waals surface area (Å²) in [7, 11) is 1.59. The van der Waals surface area contributed by atoms with E-state index in [4.69, 9.17) is 4.74 Å². The van der Waals surface area contributed by atoms with Crippen molar-refractivity contribution in [3.63, 3.8) is 0 Å². The van der Waals surface area contributed by atoms with E-state index >= 15 is 0 Å². The van der Waals surface area contributed by atoms with Gasteiger partial charge >= 0.3 is 0 Å². The van der Waals surface area contributed by atoms with Crippen LogP contribution in [0.15, 0.2) is 24.3 Å². The summed E-state index contributed by atoms with van der Waals surface area (Å²) in [6.45, 7) is 2.90. The number of piperidine rings is 1. The fourth-order valence-electron chi connectivity index (χ4n) is 3.58. The Bertz CT molecular complexity index is 625. The highest BCUT2D eigenvalue weighted by atomic mass is 16.5. The molecule has 2 aliphatic rings. The van der Waals surface area contributed by atoms with E-state index in [9.17, 15) is 9.59 Å². The molecule has 1 aliphatic carbocycles. The number of ether oxygens (including phenoxy) is 1. The highest BCUT2D eigenvalue weighted by molar-refractivity contribution is 6.13. The number of nitrogens with zero attached hydrogens (tertiary/aromatic N) is 1. The first-order valence-corrected chi connectivity index (χ1v) is 8.87. The number of carbonyl (C=O) groups excluding carboxylic acids is 2. The van der Waals surface area contributed by atoms with E-state index in [1.54, 1.807) is 13.2 Å². The van der Waals surface area contributed by atoms with Crippen molar-refractivity contribution in [3.8, 4) is 5.75 Å².